The first-order valence-electron chi connectivity index (χ1n) is 8.94. The number of aromatic nitrogens is 2. The van der Waals surface area contributed by atoms with E-state index in [0.717, 1.165) is 17.7 Å². The number of nitrogens with one attached hydrogen (secondary N) is 1. The predicted molar refractivity (Wildman–Crippen MR) is 102 cm³/mol. The molecule has 1 aromatic heterocycles. The summed E-state index contributed by atoms with van der Waals surface area (Å²) in [5.74, 6) is 0.523. The van der Waals surface area contributed by atoms with Gasteiger partial charge in [0, 0.05) is 29.9 Å². The summed E-state index contributed by atoms with van der Waals surface area (Å²) in [6, 6.07) is 7.56. The average Bonchev–Trinajstić information content (AvgIpc) is 3.09. The summed E-state index contributed by atoms with van der Waals surface area (Å²) in [5.41, 5.74) is 1.87. The second kappa shape index (κ2) is 8.56. The van der Waals surface area contributed by atoms with Gasteiger partial charge in [0.1, 0.15) is 0 Å². The number of hydrogen-bond donors (Lipinski definition) is 1. The van der Waals surface area contributed by atoms with E-state index in [0.29, 0.717) is 37.2 Å². The predicted octanol–water partition coefficient (Wildman–Crippen LogP) is 3.48. The molecule has 1 aromatic carbocycles. The van der Waals surface area contributed by atoms with Crippen molar-refractivity contribution >= 4 is 17.6 Å². The van der Waals surface area contributed by atoms with E-state index in [-0.39, 0.29) is 12.1 Å². The van der Waals surface area contributed by atoms with Crippen LogP contribution in [0.2, 0.25) is 5.02 Å². The Morgan fingerprint density at radius 1 is 1.38 bits per heavy atom. The molecule has 0 saturated carbocycles. The Morgan fingerprint density at radius 2 is 2.15 bits per heavy atom. The number of carbonyl (C=O) groups excluding carboxylic acids is 1. The number of nitrogens with zero attached hydrogens (tertiary/aromatic N) is 3. The molecule has 1 atom stereocenters. The lowest BCUT2D eigenvalue weighted by Crippen LogP contribution is -2.52. The van der Waals surface area contributed by atoms with Crippen molar-refractivity contribution in [3.05, 3.63) is 47.2 Å². The Hall–Kier alpha value is -2.05. The first-order valence-corrected chi connectivity index (χ1v) is 9.32. The number of hydrogen-bond acceptors (Lipinski definition) is 3. The molecule has 2 heterocycles. The van der Waals surface area contributed by atoms with Crippen molar-refractivity contribution in [2.75, 3.05) is 19.8 Å². The summed E-state index contributed by atoms with van der Waals surface area (Å²) < 4.78 is 7.31. The van der Waals surface area contributed by atoms with Gasteiger partial charge in [-0.25, -0.2) is 9.48 Å². The van der Waals surface area contributed by atoms with Gasteiger partial charge in [-0.15, -0.1) is 0 Å². The molecule has 1 unspecified atom stereocenters. The largest absolute Gasteiger partial charge is 0.377 e. The fraction of sp³-hybridized carbons (Fsp3) is 0.474. The molecule has 3 rings (SSSR count). The van der Waals surface area contributed by atoms with Gasteiger partial charge < -0.3 is 15.0 Å². The van der Waals surface area contributed by atoms with Gasteiger partial charge in [0.2, 0.25) is 0 Å². The summed E-state index contributed by atoms with van der Waals surface area (Å²) in [4.78, 5) is 14.5. The molecule has 26 heavy (non-hydrogen) atoms. The van der Waals surface area contributed by atoms with E-state index >= 15 is 0 Å². The first-order chi connectivity index (χ1) is 12.5. The fourth-order valence-corrected chi connectivity index (χ4v) is 3.25. The second-order valence-corrected chi connectivity index (χ2v) is 7.42. The molecule has 2 aromatic rings. The van der Waals surface area contributed by atoms with Gasteiger partial charge in [0.15, 0.2) is 0 Å². The highest BCUT2D eigenvalue weighted by atomic mass is 35.5. The standard InChI is InChI=1S/C19H25ClN4O2/c1-14(2)9-18-13-26-8-7-23(18)19(25)21-10-15-11-22-24(12-15)17-5-3-16(20)4-6-17/h3-6,11-12,14,18H,7-10,13H2,1-2H3,(H,21,25). The molecule has 1 saturated heterocycles. The van der Waals surface area contributed by atoms with Crippen molar-refractivity contribution in [1.29, 1.82) is 0 Å². The van der Waals surface area contributed by atoms with Crippen LogP contribution in [0.5, 0.6) is 0 Å². The van der Waals surface area contributed by atoms with E-state index in [1.807, 2.05) is 35.4 Å². The van der Waals surface area contributed by atoms with Crippen LogP contribution in [0.4, 0.5) is 4.79 Å². The van der Waals surface area contributed by atoms with Crippen LogP contribution in [0.15, 0.2) is 36.7 Å². The lowest BCUT2D eigenvalue weighted by molar-refractivity contribution is 0.00551. The van der Waals surface area contributed by atoms with Crippen LogP contribution in [-0.2, 0) is 11.3 Å². The van der Waals surface area contributed by atoms with Crippen LogP contribution in [0.25, 0.3) is 5.69 Å². The topological polar surface area (TPSA) is 59.4 Å². The Labute approximate surface area is 159 Å². The van der Waals surface area contributed by atoms with Crippen LogP contribution in [0, 0.1) is 5.92 Å². The fourth-order valence-electron chi connectivity index (χ4n) is 3.13. The Bertz CT molecular complexity index is 729. The average molecular weight is 377 g/mol. The number of amides is 2. The minimum atomic E-state index is -0.0433. The molecule has 1 aliphatic heterocycles. The van der Waals surface area contributed by atoms with Gasteiger partial charge in [-0.2, -0.15) is 5.10 Å². The van der Waals surface area contributed by atoms with Crippen LogP contribution in [0.3, 0.4) is 0 Å². The summed E-state index contributed by atoms with van der Waals surface area (Å²) >= 11 is 5.92. The molecule has 1 aliphatic rings. The smallest absolute Gasteiger partial charge is 0.318 e. The highest BCUT2D eigenvalue weighted by molar-refractivity contribution is 6.30. The van der Waals surface area contributed by atoms with E-state index in [1.165, 1.54) is 0 Å². The molecule has 1 N–H and O–H groups in total. The highest BCUT2D eigenvalue weighted by Crippen LogP contribution is 2.16. The van der Waals surface area contributed by atoms with Gasteiger partial charge in [0.05, 0.1) is 31.1 Å². The van der Waals surface area contributed by atoms with E-state index in [1.54, 1.807) is 10.9 Å². The van der Waals surface area contributed by atoms with Crippen LogP contribution < -0.4 is 5.32 Å². The monoisotopic (exact) mass is 376 g/mol. The highest BCUT2D eigenvalue weighted by Gasteiger charge is 2.27. The summed E-state index contributed by atoms with van der Waals surface area (Å²) in [5, 5.41) is 8.04. The van der Waals surface area contributed by atoms with E-state index in [2.05, 4.69) is 24.3 Å². The second-order valence-electron chi connectivity index (χ2n) is 6.98. The molecule has 140 valence electrons. The zero-order chi connectivity index (χ0) is 18.5. The van der Waals surface area contributed by atoms with Crippen molar-refractivity contribution in [3.8, 4) is 5.69 Å². The van der Waals surface area contributed by atoms with Gasteiger partial charge >= 0.3 is 6.03 Å². The Balaban J connectivity index is 1.58. The third kappa shape index (κ3) is 4.77. The minimum Gasteiger partial charge on any atom is -0.377 e. The number of ether oxygens (including phenoxy) is 1. The molecule has 0 radical (unpaired) electrons. The number of morpholine rings is 1. The Kier molecular flexibility index (Phi) is 6.16. The van der Waals surface area contributed by atoms with Crippen molar-refractivity contribution in [1.82, 2.24) is 20.0 Å². The zero-order valence-electron chi connectivity index (χ0n) is 15.2. The summed E-state index contributed by atoms with van der Waals surface area (Å²) in [6.45, 7) is 6.60. The lowest BCUT2D eigenvalue weighted by atomic mass is 10.0. The van der Waals surface area contributed by atoms with Gasteiger partial charge in [0.25, 0.3) is 0 Å². The van der Waals surface area contributed by atoms with E-state index < -0.39 is 0 Å². The van der Waals surface area contributed by atoms with E-state index in [4.69, 9.17) is 16.3 Å². The van der Waals surface area contributed by atoms with Crippen molar-refractivity contribution in [3.63, 3.8) is 0 Å². The number of carbonyl (C=O) groups is 1. The molecule has 7 heteroatoms. The minimum absolute atomic E-state index is 0.0433. The lowest BCUT2D eigenvalue weighted by Gasteiger charge is -2.36. The third-order valence-corrected chi connectivity index (χ3v) is 4.65. The van der Waals surface area contributed by atoms with Crippen LogP contribution in [-0.4, -0.2) is 46.5 Å². The van der Waals surface area contributed by atoms with Crippen LogP contribution in [0.1, 0.15) is 25.8 Å². The van der Waals surface area contributed by atoms with Crippen LogP contribution >= 0.6 is 11.6 Å². The third-order valence-electron chi connectivity index (χ3n) is 4.40. The first kappa shape index (κ1) is 18.7. The quantitative estimate of drug-likeness (QED) is 0.869. The maximum atomic E-state index is 12.6. The van der Waals surface area contributed by atoms with Crippen molar-refractivity contribution in [2.45, 2.75) is 32.9 Å². The molecule has 0 aliphatic carbocycles. The molecular formula is C19H25ClN4O2. The number of halogens is 1. The molecule has 2 amide bonds. The maximum Gasteiger partial charge on any atom is 0.318 e. The number of benzene rings is 1. The Morgan fingerprint density at radius 3 is 2.88 bits per heavy atom. The molecule has 0 spiro atoms. The number of urea groups is 1. The maximum absolute atomic E-state index is 12.6. The van der Waals surface area contributed by atoms with Crippen molar-refractivity contribution in [2.24, 2.45) is 5.92 Å². The summed E-state index contributed by atoms with van der Waals surface area (Å²) in [7, 11) is 0. The van der Waals surface area contributed by atoms with Gasteiger partial charge in [-0.1, -0.05) is 25.4 Å². The molecule has 6 nitrogen and oxygen atoms in total. The molecule has 0 bridgehead atoms. The SMILES string of the molecule is CC(C)CC1COCCN1C(=O)NCc1cnn(-c2ccc(Cl)cc2)c1. The normalized spacial score (nSPS) is 17.5. The summed E-state index contributed by atoms with van der Waals surface area (Å²) in [6.07, 6.45) is 4.62. The van der Waals surface area contributed by atoms with Crippen molar-refractivity contribution < 1.29 is 9.53 Å². The van der Waals surface area contributed by atoms with Gasteiger partial charge in [-0.3, -0.25) is 0 Å². The van der Waals surface area contributed by atoms with E-state index in [9.17, 15) is 4.79 Å². The van der Waals surface area contributed by atoms with Gasteiger partial charge in [-0.05, 0) is 36.6 Å². The molecule has 1 fully saturated rings. The number of rotatable bonds is 5. The molecular weight excluding hydrogens is 352 g/mol. The zero-order valence-corrected chi connectivity index (χ0v) is 15.9.